The van der Waals surface area contributed by atoms with Gasteiger partial charge in [-0.3, -0.25) is 19.4 Å². The molecule has 1 atom stereocenters. The molecule has 4 rings (SSSR count). The average Bonchev–Trinajstić information content (AvgIpc) is 3.20. The van der Waals surface area contributed by atoms with Gasteiger partial charge in [0, 0.05) is 28.5 Å². The second-order valence-corrected chi connectivity index (χ2v) is 9.79. The number of ether oxygens (including phenoxy) is 1. The Labute approximate surface area is 201 Å². The number of carbonyl (C=O) groups is 2. The number of H-pyrrole nitrogens is 1. The van der Waals surface area contributed by atoms with Gasteiger partial charge in [-0.05, 0) is 37.3 Å². The number of hydrogen-bond donors (Lipinski definition) is 1. The number of sulfone groups is 1. The number of rotatable bonds is 7. The summed E-state index contributed by atoms with van der Waals surface area (Å²) in [4.78, 5) is 50.4. The number of para-hydroxylation sites is 1. The van der Waals surface area contributed by atoms with Crippen molar-refractivity contribution in [2.75, 3.05) is 17.3 Å². The van der Waals surface area contributed by atoms with Gasteiger partial charge in [0.1, 0.15) is 5.69 Å². The van der Waals surface area contributed by atoms with E-state index in [1.54, 1.807) is 61.7 Å². The van der Waals surface area contributed by atoms with Crippen LogP contribution in [0.1, 0.15) is 11.3 Å². The molecule has 1 aliphatic rings. The van der Waals surface area contributed by atoms with Crippen LogP contribution in [0.2, 0.25) is 0 Å². The quantitative estimate of drug-likeness (QED) is 0.488. The first-order chi connectivity index (χ1) is 16.7. The summed E-state index contributed by atoms with van der Waals surface area (Å²) in [7, 11) is -3.42. The van der Waals surface area contributed by atoms with E-state index in [-0.39, 0.29) is 23.6 Å². The number of anilines is 1. The molecule has 1 amide bonds. The Morgan fingerprint density at radius 3 is 2.51 bits per heavy atom. The molecule has 0 radical (unpaired) electrons. The molecule has 0 saturated carbocycles. The van der Waals surface area contributed by atoms with Crippen LogP contribution in [0.5, 0.6) is 0 Å². The van der Waals surface area contributed by atoms with Gasteiger partial charge in [0.15, 0.2) is 22.3 Å². The Morgan fingerprint density at radius 1 is 1.14 bits per heavy atom. The number of carbonyl (C=O) groups excluding carboxylic acids is 2. The van der Waals surface area contributed by atoms with E-state index < -0.39 is 39.9 Å². The van der Waals surface area contributed by atoms with E-state index in [0.717, 1.165) is 5.41 Å². The molecule has 0 bridgehead atoms. The lowest BCUT2D eigenvalue weighted by atomic mass is 10.1. The SMILES string of the molecule is Cc1nc(-c2ccccn2)[nH]c(=O)c1CC(=O)OCC(=O)N(c1ccccc1)C1C=CS(=O)(=O)C1. The van der Waals surface area contributed by atoms with Gasteiger partial charge in [-0.15, -0.1) is 0 Å². The summed E-state index contributed by atoms with van der Waals surface area (Å²) < 4.78 is 28.9. The standard InChI is InChI=1S/C24H22N4O6S/c1-16-19(24(31)27-23(26-16)20-9-5-6-11-25-20)13-22(30)34-14-21(29)28(17-7-3-2-4-8-17)18-10-12-35(32,33)15-18/h2-12,18H,13-15H2,1H3,(H,26,27,31). The number of pyridine rings is 1. The van der Waals surface area contributed by atoms with Crippen molar-refractivity contribution in [2.45, 2.75) is 19.4 Å². The van der Waals surface area contributed by atoms with Crippen LogP contribution in [0.4, 0.5) is 5.69 Å². The van der Waals surface area contributed by atoms with Crippen molar-refractivity contribution >= 4 is 27.4 Å². The molecule has 0 saturated heterocycles. The molecule has 3 heterocycles. The number of aromatic nitrogens is 3. The first-order valence-electron chi connectivity index (χ1n) is 10.7. The lowest BCUT2D eigenvalue weighted by molar-refractivity contribution is -0.147. The van der Waals surface area contributed by atoms with E-state index >= 15 is 0 Å². The van der Waals surface area contributed by atoms with Gasteiger partial charge in [0.2, 0.25) is 0 Å². The van der Waals surface area contributed by atoms with Crippen LogP contribution in [0.25, 0.3) is 11.5 Å². The highest BCUT2D eigenvalue weighted by molar-refractivity contribution is 7.94. The average molecular weight is 495 g/mol. The third-order valence-electron chi connectivity index (χ3n) is 5.35. The molecular formula is C24H22N4O6S. The van der Waals surface area contributed by atoms with Crippen LogP contribution in [0, 0.1) is 6.92 Å². The molecule has 11 heteroatoms. The Hall–Kier alpha value is -4.12. The zero-order valence-electron chi connectivity index (χ0n) is 18.7. The first-order valence-corrected chi connectivity index (χ1v) is 12.4. The molecule has 180 valence electrons. The number of hydrogen-bond acceptors (Lipinski definition) is 8. The third-order valence-corrected chi connectivity index (χ3v) is 6.73. The number of nitrogens with one attached hydrogen (secondary N) is 1. The van der Waals surface area contributed by atoms with Crippen molar-refractivity contribution in [3.63, 3.8) is 0 Å². The molecule has 0 fully saturated rings. The fourth-order valence-corrected chi connectivity index (χ4v) is 4.95. The Balaban J connectivity index is 1.45. The van der Waals surface area contributed by atoms with Crippen LogP contribution in [0.3, 0.4) is 0 Å². The summed E-state index contributed by atoms with van der Waals surface area (Å²) in [6.45, 7) is 0.980. The molecule has 3 aromatic rings. The van der Waals surface area contributed by atoms with Crippen molar-refractivity contribution in [1.29, 1.82) is 0 Å². The van der Waals surface area contributed by atoms with E-state index in [9.17, 15) is 22.8 Å². The van der Waals surface area contributed by atoms with Crippen LogP contribution < -0.4 is 10.5 Å². The molecule has 1 unspecified atom stereocenters. The van der Waals surface area contributed by atoms with Crippen LogP contribution in [-0.2, 0) is 30.6 Å². The molecule has 2 aromatic heterocycles. The fraction of sp³-hybridized carbons (Fsp3) is 0.208. The zero-order valence-corrected chi connectivity index (χ0v) is 19.6. The van der Waals surface area contributed by atoms with Crippen molar-refractivity contribution < 1.29 is 22.7 Å². The molecule has 1 aromatic carbocycles. The highest BCUT2D eigenvalue weighted by atomic mass is 32.2. The number of amides is 1. The predicted molar refractivity (Wildman–Crippen MR) is 128 cm³/mol. The van der Waals surface area contributed by atoms with Crippen LogP contribution in [0.15, 0.2) is 71.0 Å². The lowest BCUT2D eigenvalue weighted by Gasteiger charge is -2.27. The summed E-state index contributed by atoms with van der Waals surface area (Å²) in [6, 6.07) is 13.0. The summed E-state index contributed by atoms with van der Waals surface area (Å²) in [5.41, 5.74) is 0.906. The number of benzene rings is 1. The molecule has 0 spiro atoms. The molecule has 1 aliphatic heterocycles. The van der Waals surface area contributed by atoms with Crippen LogP contribution in [-0.4, -0.2) is 53.6 Å². The van der Waals surface area contributed by atoms with Crippen molar-refractivity contribution in [1.82, 2.24) is 15.0 Å². The topological polar surface area (TPSA) is 139 Å². The van der Waals surface area contributed by atoms with E-state index in [4.69, 9.17) is 4.74 Å². The smallest absolute Gasteiger partial charge is 0.311 e. The molecule has 35 heavy (non-hydrogen) atoms. The van der Waals surface area contributed by atoms with Crippen molar-refractivity contribution in [3.8, 4) is 11.5 Å². The monoisotopic (exact) mass is 494 g/mol. The number of aromatic amines is 1. The second-order valence-electron chi connectivity index (χ2n) is 7.86. The van der Waals surface area contributed by atoms with E-state index in [1.165, 1.54) is 11.0 Å². The Morgan fingerprint density at radius 2 is 1.89 bits per heavy atom. The number of nitrogens with zero attached hydrogens (tertiary/aromatic N) is 3. The summed E-state index contributed by atoms with van der Waals surface area (Å²) in [5, 5.41) is 1.07. The maximum atomic E-state index is 13.0. The minimum Gasteiger partial charge on any atom is -0.455 e. The van der Waals surface area contributed by atoms with E-state index in [2.05, 4.69) is 15.0 Å². The summed E-state index contributed by atoms with van der Waals surface area (Å²) in [5.74, 6) is -1.37. The van der Waals surface area contributed by atoms with Crippen molar-refractivity contribution in [3.05, 3.63) is 87.8 Å². The number of esters is 1. The van der Waals surface area contributed by atoms with Crippen LogP contribution >= 0.6 is 0 Å². The molecule has 1 N–H and O–H groups in total. The molecule has 0 aliphatic carbocycles. The largest absolute Gasteiger partial charge is 0.455 e. The predicted octanol–water partition coefficient (Wildman–Crippen LogP) is 1.57. The second kappa shape index (κ2) is 10.0. The van der Waals surface area contributed by atoms with E-state index in [1.807, 2.05) is 0 Å². The van der Waals surface area contributed by atoms with Gasteiger partial charge in [-0.25, -0.2) is 13.4 Å². The maximum absolute atomic E-state index is 13.0. The minimum atomic E-state index is -3.42. The zero-order chi connectivity index (χ0) is 25.0. The third kappa shape index (κ3) is 5.69. The van der Waals surface area contributed by atoms with Gasteiger partial charge in [0.25, 0.3) is 11.5 Å². The number of aryl methyl sites for hydroxylation is 1. The lowest BCUT2D eigenvalue weighted by Crippen LogP contribution is -2.43. The van der Waals surface area contributed by atoms with Gasteiger partial charge < -0.3 is 14.6 Å². The van der Waals surface area contributed by atoms with E-state index in [0.29, 0.717) is 17.1 Å². The highest BCUT2D eigenvalue weighted by Gasteiger charge is 2.32. The van der Waals surface area contributed by atoms with Gasteiger partial charge in [0.05, 0.1) is 18.2 Å². The fourth-order valence-electron chi connectivity index (χ4n) is 3.68. The minimum absolute atomic E-state index is 0.117. The van der Waals surface area contributed by atoms with Gasteiger partial charge in [-0.1, -0.05) is 24.3 Å². The van der Waals surface area contributed by atoms with Gasteiger partial charge >= 0.3 is 5.97 Å². The first kappa shape index (κ1) is 24.0. The Bertz CT molecular complexity index is 1440. The molecule has 10 nitrogen and oxygen atoms in total. The Kier molecular flexibility index (Phi) is 6.87. The highest BCUT2D eigenvalue weighted by Crippen LogP contribution is 2.23. The maximum Gasteiger partial charge on any atom is 0.311 e. The summed E-state index contributed by atoms with van der Waals surface area (Å²) >= 11 is 0. The molecular weight excluding hydrogens is 472 g/mol. The van der Waals surface area contributed by atoms with Gasteiger partial charge in [-0.2, -0.15) is 0 Å². The normalized spacial score (nSPS) is 16.1. The van der Waals surface area contributed by atoms with Crippen molar-refractivity contribution in [2.24, 2.45) is 0 Å². The summed E-state index contributed by atoms with van der Waals surface area (Å²) in [6.07, 6.45) is 2.62.